The number of ketones is 1. The van der Waals surface area contributed by atoms with E-state index in [9.17, 15) is 4.79 Å². The molecule has 0 atom stereocenters. The van der Waals surface area contributed by atoms with E-state index in [0.717, 1.165) is 25.7 Å². The molecule has 22 heavy (non-hydrogen) atoms. The second-order valence-electron chi connectivity index (χ2n) is 10.1. The van der Waals surface area contributed by atoms with E-state index in [1.54, 1.807) is 0 Å². The van der Waals surface area contributed by atoms with E-state index in [4.69, 9.17) is 0 Å². The Morgan fingerprint density at radius 3 is 1.09 bits per heavy atom. The maximum absolute atomic E-state index is 14.1. The first-order valence-corrected chi connectivity index (χ1v) is 9.62. The molecule has 0 unspecified atom stereocenters. The van der Waals surface area contributed by atoms with Crippen molar-refractivity contribution in [3.05, 3.63) is 0 Å². The van der Waals surface area contributed by atoms with Crippen LogP contribution >= 0.6 is 0 Å². The first kappa shape index (κ1) is 18.0. The largest absolute Gasteiger partial charge is 0.298 e. The van der Waals surface area contributed by atoms with E-state index in [-0.39, 0.29) is 21.7 Å². The SMILES string of the molecule is CC(C)(C)C1(C(=O)C2(C(C)(C)C)CCCCC2)CCCCC1. The molecular weight excluding hydrogens is 268 g/mol. The van der Waals surface area contributed by atoms with Gasteiger partial charge in [-0.2, -0.15) is 0 Å². The zero-order valence-electron chi connectivity index (χ0n) is 16.0. The number of hydrogen-bond acceptors (Lipinski definition) is 1. The summed E-state index contributed by atoms with van der Waals surface area (Å²) in [7, 11) is 0. The Morgan fingerprint density at radius 2 is 0.864 bits per heavy atom. The minimum Gasteiger partial charge on any atom is -0.298 e. The van der Waals surface area contributed by atoms with Crippen LogP contribution in [0.25, 0.3) is 0 Å². The maximum Gasteiger partial charge on any atom is 0.146 e. The summed E-state index contributed by atoms with van der Waals surface area (Å²) in [6.45, 7) is 13.9. The molecule has 0 spiro atoms. The summed E-state index contributed by atoms with van der Waals surface area (Å²) >= 11 is 0. The Hall–Kier alpha value is -0.330. The van der Waals surface area contributed by atoms with Crippen LogP contribution in [0.2, 0.25) is 0 Å². The molecule has 0 saturated heterocycles. The maximum atomic E-state index is 14.1. The fourth-order valence-electron chi connectivity index (χ4n) is 5.40. The summed E-state index contributed by atoms with van der Waals surface area (Å²) in [5.41, 5.74) is -0.00780. The second kappa shape index (κ2) is 5.95. The van der Waals surface area contributed by atoms with Gasteiger partial charge in [0.25, 0.3) is 0 Å². The van der Waals surface area contributed by atoms with Crippen LogP contribution in [0.4, 0.5) is 0 Å². The summed E-state index contributed by atoms with van der Waals surface area (Å²) in [5.74, 6) is 0.638. The first-order chi connectivity index (χ1) is 10.1. The van der Waals surface area contributed by atoms with Crippen molar-refractivity contribution in [3.63, 3.8) is 0 Å². The average Bonchev–Trinajstić information content (AvgIpc) is 2.45. The molecule has 2 aliphatic rings. The summed E-state index contributed by atoms with van der Waals surface area (Å²) < 4.78 is 0. The molecule has 0 bridgehead atoms. The van der Waals surface area contributed by atoms with Gasteiger partial charge in [-0.25, -0.2) is 0 Å². The third-order valence-electron chi connectivity index (χ3n) is 7.15. The Labute approximate surface area is 138 Å². The lowest BCUT2D eigenvalue weighted by Gasteiger charge is -2.56. The predicted octanol–water partition coefficient (Wildman–Crippen LogP) is 6.55. The van der Waals surface area contributed by atoms with Gasteiger partial charge in [-0.3, -0.25) is 4.79 Å². The van der Waals surface area contributed by atoms with Crippen molar-refractivity contribution in [1.82, 2.24) is 0 Å². The Morgan fingerprint density at radius 1 is 0.591 bits per heavy atom. The molecule has 0 aromatic carbocycles. The van der Waals surface area contributed by atoms with Gasteiger partial charge < -0.3 is 0 Å². The van der Waals surface area contributed by atoms with E-state index < -0.39 is 0 Å². The monoisotopic (exact) mass is 306 g/mol. The minimum absolute atomic E-state index is 0.0835. The molecule has 0 aliphatic heterocycles. The number of rotatable bonds is 2. The van der Waals surface area contributed by atoms with Crippen LogP contribution in [0, 0.1) is 21.7 Å². The van der Waals surface area contributed by atoms with Crippen molar-refractivity contribution >= 4 is 5.78 Å². The van der Waals surface area contributed by atoms with Gasteiger partial charge in [0.1, 0.15) is 5.78 Å². The normalized spacial score (nSPS) is 25.7. The molecular formula is C21H38O. The highest BCUT2D eigenvalue weighted by Crippen LogP contribution is 2.60. The summed E-state index contributed by atoms with van der Waals surface area (Å²) in [4.78, 5) is 14.1. The molecule has 1 nitrogen and oxygen atoms in total. The molecule has 0 aromatic rings. The van der Waals surface area contributed by atoms with Crippen LogP contribution in [0.15, 0.2) is 0 Å². The molecule has 2 aliphatic carbocycles. The minimum atomic E-state index is -0.0874. The molecule has 0 amide bonds. The fourth-order valence-corrected chi connectivity index (χ4v) is 5.40. The zero-order valence-corrected chi connectivity index (χ0v) is 16.0. The van der Waals surface area contributed by atoms with Gasteiger partial charge >= 0.3 is 0 Å². The van der Waals surface area contributed by atoms with Crippen molar-refractivity contribution in [3.8, 4) is 0 Å². The third-order valence-corrected chi connectivity index (χ3v) is 7.15. The Kier molecular flexibility index (Phi) is 4.87. The highest BCUT2D eigenvalue weighted by Gasteiger charge is 2.58. The quantitative estimate of drug-likeness (QED) is 0.565. The smallest absolute Gasteiger partial charge is 0.146 e. The lowest BCUT2D eigenvalue weighted by Crippen LogP contribution is -2.56. The molecule has 0 aromatic heterocycles. The first-order valence-electron chi connectivity index (χ1n) is 9.62. The van der Waals surface area contributed by atoms with Crippen molar-refractivity contribution in [2.45, 2.75) is 106 Å². The second-order valence-corrected chi connectivity index (χ2v) is 10.1. The molecule has 128 valence electrons. The molecule has 0 N–H and O–H groups in total. The van der Waals surface area contributed by atoms with Gasteiger partial charge in [-0.05, 0) is 36.5 Å². The van der Waals surface area contributed by atoms with E-state index in [2.05, 4.69) is 41.5 Å². The number of hydrogen-bond donors (Lipinski definition) is 0. The van der Waals surface area contributed by atoms with Gasteiger partial charge in [0.05, 0.1) is 0 Å². The van der Waals surface area contributed by atoms with Crippen LogP contribution in [0.1, 0.15) is 106 Å². The number of carbonyl (C=O) groups is 1. The van der Waals surface area contributed by atoms with Crippen LogP contribution in [0.5, 0.6) is 0 Å². The Balaban J connectivity index is 2.48. The molecule has 2 saturated carbocycles. The average molecular weight is 307 g/mol. The lowest BCUT2D eigenvalue weighted by atomic mass is 9.46. The van der Waals surface area contributed by atoms with E-state index >= 15 is 0 Å². The van der Waals surface area contributed by atoms with E-state index in [1.807, 2.05) is 0 Å². The topological polar surface area (TPSA) is 17.1 Å². The van der Waals surface area contributed by atoms with Crippen molar-refractivity contribution < 1.29 is 4.79 Å². The molecule has 0 heterocycles. The van der Waals surface area contributed by atoms with Crippen LogP contribution in [-0.4, -0.2) is 5.78 Å². The van der Waals surface area contributed by atoms with Crippen LogP contribution < -0.4 is 0 Å². The predicted molar refractivity (Wildman–Crippen MR) is 95.0 cm³/mol. The van der Waals surface area contributed by atoms with Crippen molar-refractivity contribution in [2.24, 2.45) is 21.7 Å². The summed E-state index contributed by atoms with van der Waals surface area (Å²) in [6, 6.07) is 0. The van der Waals surface area contributed by atoms with Crippen LogP contribution in [0.3, 0.4) is 0 Å². The fraction of sp³-hybridized carbons (Fsp3) is 0.952. The molecule has 2 fully saturated rings. The van der Waals surface area contributed by atoms with Gasteiger partial charge in [0, 0.05) is 10.8 Å². The lowest BCUT2D eigenvalue weighted by molar-refractivity contribution is -0.160. The highest BCUT2D eigenvalue weighted by atomic mass is 16.1. The highest BCUT2D eigenvalue weighted by molar-refractivity contribution is 5.92. The molecule has 0 radical (unpaired) electrons. The Bertz CT molecular complexity index is 355. The summed E-state index contributed by atoms with van der Waals surface area (Å²) in [5, 5.41) is 0. The zero-order chi connectivity index (χ0) is 16.6. The van der Waals surface area contributed by atoms with Gasteiger partial charge in [0.15, 0.2) is 0 Å². The number of Topliss-reactive ketones (excluding diaryl/α,β-unsaturated/α-hetero) is 1. The van der Waals surface area contributed by atoms with Gasteiger partial charge in [0.2, 0.25) is 0 Å². The summed E-state index contributed by atoms with van der Waals surface area (Å²) in [6.07, 6.45) is 12.1. The molecule has 1 heteroatoms. The van der Waals surface area contributed by atoms with Crippen molar-refractivity contribution in [2.75, 3.05) is 0 Å². The van der Waals surface area contributed by atoms with Crippen molar-refractivity contribution in [1.29, 1.82) is 0 Å². The van der Waals surface area contributed by atoms with Gasteiger partial charge in [-0.1, -0.05) is 80.1 Å². The van der Waals surface area contributed by atoms with E-state index in [1.165, 1.54) is 38.5 Å². The van der Waals surface area contributed by atoms with Gasteiger partial charge in [-0.15, -0.1) is 0 Å². The number of carbonyl (C=O) groups excluding carboxylic acids is 1. The third kappa shape index (κ3) is 2.78. The van der Waals surface area contributed by atoms with E-state index in [0.29, 0.717) is 5.78 Å². The standard InChI is InChI=1S/C21H38O/c1-18(2,3)20(13-9-7-10-14-20)17(22)21(19(4,5)6)15-11-8-12-16-21/h7-16H2,1-6H3. The van der Waals surface area contributed by atoms with Crippen LogP contribution in [-0.2, 0) is 4.79 Å². The molecule has 2 rings (SSSR count).